The fraction of sp³-hybridized carbons (Fsp3) is 0.706. The molecule has 5 nitrogen and oxygen atoms in total. The number of hydrogen-bond donors (Lipinski definition) is 0. The zero-order chi connectivity index (χ0) is 17.2. The minimum atomic E-state index is -0.469. The second kappa shape index (κ2) is 6.99. The number of piperidine rings is 1. The summed E-state index contributed by atoms with van der Waals surface area (Å²) in [5.41, 5.74) is -0.0995. The van der Waals surface area contributed by atoms with Gasteiger partial charge in [-0.2, -0.15) is 0 Å². The number of carbonyl (C=O) groups excluding carboxylic acids is 2. The molecule has 0 spiro atoms. The first-order chi connectivity index (χ1) is 10.7. The third-order valence-corrected chi connectivity index (χ3v) is 5.56. The lowest BCUT2D eigenvalue weighted by atomic mass is 9.97. The first kappa shape index (κ1) is 17.9. The number of nitrogens with zero attached hydrogens (tertiary/aromatic N) is 2. The van der Waals surface area contributed by atoms with E-state index in [9.17, 15) is 9.59 Å². The molecule has 2 heterocycles. The molecule has 1 amide bonds. The Bertz CT molecular complexity index is 567. The minimum Gasteiger partial charge on any atom is -0.451 e. The molecular weight excluding hydrogens is 312 g/mol. The number of hydrogen-bond acceptors (Lipinski definition) is 5. The first-order valence-corrected chi connectivity index (χ1v) is 8.96. The van der Waals surface area contributed by atoms with E-state index >= 15 is 0 Å². The van der Waals surface area contributed by atoms with Crippen LogP contribution in [0.15, 0.2) is 6.20 Å². The molecule has 128 valence electrons. The highest BCUT2D eigenvalue weighted by molar-refractivity contribution is 7.13. The molecule has 0 unspecified atom stereocenters. The third-order valence-electron chi connectivity index (χ3n) is 4.16. The molecule has 2 atom stereocenters. The molecule has 1 aromatic heterocycles. The molecule has 1 aromatic rings. The molecule has 0 N–H and O–H groups in total. The molecule has 1 aliphatic rings. The lowest BCUT2D eigenvalue weighted by Crippen LogP contribution is -2.49. The van der Waals surface area contributed by atoms with Crippen molar-refractivity contribution in [3.8, 4) is 0 Å². The maximum absolute atomic E-state index is 12.4. The minimum absolute atomic E-state index is 0.0995. The van der Waals surface area contributed by atoms with Crippen molar-refractivity contribution in [2.24, 2.45) is 0 Å². The fourth-order valence-corrected chi connectivity index (χ4v) is 3.77. The van der Waals surface area contributed by atoms with Crippen molar-refractivity contribution in [3.05, 3.63) is 16.1 Å². The van der Waals surface area contributed by atoms with E-state index in [4.69, 9.17) is 4.74 Å². The van der Waals surface area contributed by atoms with Gasteiger partial charge in [-0.3, -0.25) is 4.79 Å². The summed E-state index contributed by atoms with van der Waals surface area (Å²) in [6, 6.07) is 0.418. The average molecular weight is 338 g/mol. The van der Waals surface area contributed by atoms with Crippen LogP contribution in [0.25, 0.3) is 0 Å². The summed E-state index contributed by atoms with van der Waals surface area (Å²) < 4.78 is 5.21. The Morgan fingerprint density at radius 1 is 1.30 bits per heavy atom. The predicted molar refractivity (Wildman–Crippen MR) is 90.7 cm³/mol. The third kappa shape index (κ3) is 4.31. The lowest BCUT2D eigenvalue weighted by molar-refractivity contribution is -0.140. The molecule has 6 heteroatoms. The van der Waals surface area contributed by atoms with Gasteiger partial charge in [0.25, 0.3) is 5.91 Å². The van der Waals surface area contributed by atoms with E-state index in [2.05, 4.69) is 4.98 Å². The molecule has 0 saturated carbocycles. The SMILES string of the molecule is C[C@@H]1CCC[C@H](C)N1C(=O)COC(=O)c1cnc(C(C)(C)C)s1. The van der Waals surface area contributed by atoms with Gasteiger partial charge >= 0.3 is 5.97 Å². The molecule has 0 bridgehead atoms. The second-order valence-corrected chi connectivity index (χ2v) is 8.32. The summed E-state index contributed by atoms with van der Waals surface area (Å²) in [6.07, 6.45) is 4.69. The van der Waals surface area contributed by atoms with Crippen LogP contribution >= 0.6 is 11.3 Å². The van der Waals surface area contributed by atoms with E-state index < -0.39 is 5.97 Å². The molecular formula is C17H26N2O3S. The van der Waals surface area contributed by atoms with Gasteiger partial charge in [-0.25, -0.2) is 9.78 Å². The van der Waals surface area contributed by atoms with Crippen molar-refractivity contribution in [1.29, 1.82) is 0 Å². The van der Waals surface area contributed by atoms with Crippen LogP contribution < -0.4 is 0 Å². The fourth-order valence-electron chi connectivity index (χ4n) is 2.90. The Morgan fingerprint density at radius 2 is 1.91 bits per heavy atom. The highest BCUT2D eigenvalue weighted by atomic mass is 32.1. The van der Waals surface area contributed by atoms with Crippen LogP contribution in [0, 0.1) is 0 Å². The standard InChI is InChI=1S/C17H26N2O3S/c1-11-7-6-8-12(2)19(11)14(20)10-22-15(21)13-9-18-16(23-13)17(3,4)5/h9,11-12H,6-8,10H2,1-5H3/t11-,12+. The Morgan fingerprint density at radius 3 is 2.43 bits per heavy atom. The van der Waals surface area contributed by atoms with Crippen LogP contribution in [0.1, 0.15) is 68.6 Å². The van der Waals surface area contributed by atoms with Gasteiger partial charge in [0.05, 0.1) is 11.2 Å². The molecule has 23 heavy (non-hydrogen) atoms. The zero-order valence-corrected chi connectivity index (χ0v) is 15.4. The van der Waals surface area contributed by atoms with Gasteiger partial charge in [-0.15, -0.1) is 11.3 Å². The highest BCUT2D eigenvalue weighted by Crippen LogP contribution is 2.27. The second-order valence-electron chi connectivity index (χ2n) is 7.29. The summed E-state index contributed by atoms with van der Waals surface area (Å²) in [7, 11) is 0. The maximum Gasteiger partial charge on any atom is 0.350 e. The largest absolute Gasteiger partial charge is 0.451 e. The topological polar surface area (TPSA) is 59.5 Å². The number of likely N-dealkylation sites (tertiary alicyclic amines) is 1. The van der Waals surface area contributed by atoms with Crippen LogP contribution in [0.5, 0.6) is 0 Å². The van der Waals surface area contributed by atoms with E-state index in [-0.39, 0.29) is 30.0 Å². The van der Waals surface area contributed by atoms with Crippen LogP contribution in [0.3, 0.4) is 0 Å². The summed E-state index contributed by atoms with van der Waals surface area (Å²) in [6.45, 7) is 10.0. The molecule has 0 aliphatic carbocycles. The smallest absolute Gasteiger partial charge is 0.350 e. The predicted octanol–water partition coefficient (Wildman–Crippen LogP) is 3.39. The summed E-state index contributed by atoms with van der Waals surface area (Å²) in [5.74, 6) is -0.581. The van der Waals surface area contributed by atoms with E-state index in [1.54, 1.807) is 0 Å². The van der Waals surface area contributed by atoms with Crippen LogP contribution in [0.4, 0.5) is 0 Å². The van der Waals surface area contributed by atoms with Gasteiger partial charge in [0.1, 0.15) is 4.88 Å². The number of amides is 1. The number of aromatic nitrogens is 1. The lowest BCUT2D eigenvalue weighted by Gasteiger charge is -2.38. The van der Waals surface area contributed by atoms with Crippen molar-refractivity contribution in [1.82, 2.24) is 9.88 Å². The number of carbonyl (C=O) groups is 2. The average Bonchev–Trinajstić information content (AvgIpc) is 2.94. The number of thiazole rings is 1. The van der Waals surface area contributed by atoms with E-state index in [1.165, 1.54) is 17.5 Å². The molecule has 2 rings (SSSR count). The van der Waals surface area contributed by atoms with Gasteiger partial charge in [-0.05, 0) is 33.1 Å². The molecule has 1 saturated heterocycles. The van der Waals surface area contributed by atoms with E-state index in [0.29, 0.717) is 4.88 Å². The zero-order valence-electron chi connectivity index (χ0n) is 14.6. The van der Waals surface area contributed by atoms with E-state index in [0.717, 1.165) is 24.3 Å². The Balaban J connectivity index is 1.93. The Hall–Kier alpha value is -1.43. The number of esters is 1. The summed E-state index contributed by atoms with van der Waals surface area (Å²) in [4.78, 5) is 31.0. The number of ether oxygens (including phenoxy) is 1. The van der Waals surface area contributed by atoms with Crippen molar-refractivity contribution in [3.63, 3.8) is 0 Å². The number of rotatable bonds is 3. The van der Waals surface area contributed by atoms with Crippen molar-refractivity contribution >= 4 is 23.2 Å². The monoisotopic (exact) mass is 338 g/mol. The molecule has 0 radical (unpaired) electrons. The van der Waals surface area contributed by atoms with Crippen molar-refractivity contribution < 1.29 is 14.3 Å². The van der Waals surface area contributed by atoms with Crippen LogP contribution in [-0.2, 0) is 14.9 Å². The van der Waals surface area contributed by atoms with Gasteiger partial charge < -0.3 is 9.64 Å². The first-order valence-electron chi connectivity index (χ1n) is 8.14. The summed E-state index contributed by atoms with van der Waals surface area (Å²) in [5, 5.41) is 0.883. The normalized spacial score (nSPS) is 22.0. The van der Waals surface area contributed by atoms with Gasteiger partial charge in [-0.1, -0.05) is 20.8 Å². The maximum atomic E-state index is 12.4. The molecule has 1 fully saturated rings. The van der Waals surface area contributed by atoms with Crippen LogP contribution in [-0.4, -0.2) is 40.5 Å². The highest BCUT2D eigenvalue weighted by Gasteiger charge is 2.29. The Kier molecular flexibility index (Phi) is 5.45. The summed E-state index contributed by atoms with van der Waals surface area (Å²) >= 11 is 1.33. The van der Waals surface area contributed by atoms with Crippen LogP contribution in [0.2, 0.25) is 0 Å². The van der Waals surface area contributed by atoms with Crippen molar-refractivity contribution in [2.45, 2.75) is 71.4 Å². The van der Waals surface area contributed by atoms with Gasteiger partial charge in [0.15, 0.2) is 6.61 Å². The quantitative estimate of drug-likeness (QED) is 0.793. The Labute approximate surface area is 142 Å². The van der Waals surface area contributed by atoms with Gasteiger partial charge in [0, 0.05) is 17.5 Å². The molecule has 1 aliphatic heterocycles. The van der Waals surface area contributed by atoms with Gasteiger partial charge in [0.2, 0.25) is 0 Å². The van der Waals surface area contributed by atoms with Crippen molar-refractivity contribution in [2.75, 3.05) is 6.61 Å². The van der Waals surface area contributed by atoms with E-state index in [1.807, 2.05) is 39.5 Å². The molecule has 0 aromatic carbocycles.